The monoisotopic (exact) mass is 280 g/mol. The standard InChI is InChI=1S/C18H20N2O/c1-3-20(4-2)19-18(14-21)17-12-10-16(11-13-17)15-8-6-5-7-9-15/h5-14H,3-4H2,1-2H3/b19-18+. The lowest BCUT2D eigenvalue weighted by atomic mass is 10.0. The largest absolute Gasteiger partial charge is 0.297 e. The molecule has 0 aromatic heterocycles. The van der Waals surface area contributed by atoms with Gasteiger partial charge in [-0.3, -0.25) is 9.80 Å². The van der Waals surface area contributed by atoms with Crippen LogP contribution in [0.15, 0.2) is 59.7 Å². The first-order valence-corrected chi connectivity index (χ1v) is 7.23. The molecule has 2 aromatic carbocycles. The lowest BCUT2D eigenvalue weighted by molar-refractivity contribution is -0.102. The van der Waals surface area contributed by atoms with Gasteiger partial charge in [0.15, 0.2) is 6.29 Å². The highest BCUT2D eigenvalue weighted by atomic mass is 16.1. The molecule has 0 fully saturated rings. The number of hydrazone groups is 1. The summed E-state index contributed by atoms with van der Waals surface area (Å²) in [5, 5.41) is 6.26. The van der Waals surface area contributed by atoms with Crippen molar-refractivity contribution in [2.24, 2.45) is 5.10 Å². The maximum Gasteiger partial charge on any atom is 0.170 e. The Balaban J connectivity index is 2.27. The molecule has 0 bridgehead atoms. The Bertz CT molecular complexity index is 599. The van der Waals surface area contributed by atoms with Crippen molar-refractivity contribution < 1.29 is 4.79 Å². The summed E-state index contributed by atoms with van der Waals surface area (Å²) in [6.07, 6.45) is 0.815. The summed E-state index contributed by atoms with van der Waals surface area (Å²) in [5.41, 5.74) is 3.61. The van der Waals surface area contributed by atoms with E-state index in [1.807, 2.05) is 61.3 Å². The molecule has 0 aliphatic rings. The summed E-state index contributed by atoms with van der Waals surface area (Å²) in [6.45, 7) is 5.62. The molecule has 0 aliphatic heterocycles. The normalized spacial score (nSPS) is 11.2. The van der Waals surface area contributed by atoms with Gasteiger partial charge in [-0.2, -0.15) is 5.10 Å². The van der Waals surface area contributed by atoms with E-state index in [0.717, 1.165) is 36.1 Å². The maximum atomic E-state index is 11.3. The summed E-state index contributed by atoms with van der Waals surface area (Å²) in [5.74, 6) is 0. The molecule has 0 saturated heterocycles. The van der Waals surface area contributed by atoms with E-state index in [4.69, 9.17) is 0 Å². The third-order valence-corrected chi connectivity index (χ3v) is 3.38. The molecule has 0 N–H and O–H groups in total. The van der Waals surface area contributed by atoms with Crippen molar-refractivity contribution in [1.82, 2.24) is 5.01 Å². The fourth-order valence-corrected chi connectivity index (χ4v) is 2.13. The van der Waals surface area contributed by atoms with Gasteiger partial charge in [-0.25, -0.2) is 0 Å². The van der Waals surface area contributed by atoms with Crippen LogP contribution < -0.4 is 0 Å². The van der Waals surface area contributed by atoms with Gasteiger partial charge >= 0.3 is 0 Å². The Morgan fingerprint density at radius 3 is 2.05 bits per heavy atom. The van der Waals surface area contributed by atoms with Gasteiger partial charge in [0.2, 0.25) is 0 Å². The summed E-state index contributed by atoms with van der Waals surface area (Å²) in [4.78, 5) is 11.3. The lowest BCUT2D eigenvalue weighted by Gasteiger charge is -2.15. The maximum absolute atomic E-state index is 11.3. The van der Waals surface area contributed by atoms with E-state index in [2.05, 4.69) is 17.2 Å². The third kappa shape index (κ3) is 3.78. The molecule has 0 atom stereocenters. The number of nitrogens with zero attached hydrogens (tertiary/aromatic N) is 2. The first-order chi connectivity index (χ1) is 10.3. The van der Waals surface area contributed by atoms with Crippen LogP contribution in [0.4, 0.5) is 0 Å². The van der Waals surface area contributed by atoms with Gasteiger partial charge in [-0.15, -0.1) is 0 Å². The van der Waals surface area contributed by atoms with Crippen LogP contribution in [0.1, 0.15) is 19.4 Å². The van der Waals surface area contributed by atoms with Crippen molar-refractivity contribution in [2.45, 2.75) is 13.8 Å². The molecular formula is C18H20N2O. The van der Waals surface area contributed by atoms with E-state index in [0.29, 0.717) is 5.71 Å². The van der Waals surface area contributed by atoms with Crippen molar-refractivity contribution >= 4 is 12.0 Å². The minimum absolute atomic E-state index is 0.471. The molecule has 2 rings (SSSR count). The second kappa shape index (κ2) is 7.39. The highest BCUT2D eigenvalue weighted by Crippen LogP contribution is 2.19. The van der Waals surface area contributed by atoms with Crippen LogP contribution in [0.25, 0.3) is 11.1 Å². The molecule has 0 unspecified atom stereocenters. The minimum Gasteiger partial charge on any atom is -0.297 e. The summed E-state index contributed by atoms with van der Waals surface area (Å²) >= 11 is 0. The second-order valence-electron chi connectivity index (χ2n) is 4.69. The number of aldehydes is 1. The second-order valence-corrected chi connectivity index (χ2v) is 4.69. The van der Waals surface area contributed by atoms with Crippen LogP contribution >= 0.6 is 0 Å². The molecule has 2 aromatic rings. The van der Waals surface area contributed by atoms with Gasteiger partial charge in [-0.1, -0.05) is 54.6 Å². The number of carbonyl (C=O) groups excluding carboxylic acids is 1. The zero-order valence-corrected chi connectivity index (χ0v) is 12.5. The average Bonchev–Trinajstić information content (AvgIpc) is 2.57. The third-order valence-electron chi connectivity index (χ3n) is 3.38. The van der Waals surface area contributed by atoms with E-state index in [9.17, 15) is 4.79 Å². The molecule has 0 spiro atoms. The van der Waals surface area contributed by atoms with Gasteiger partial charge in [0.1, 0.15) is 5.71 Å². The molecule has 0 heterocycles. The molecule has 3 heteroatoms. The van der Waals surface area contributed by atoms with Gasteiger partial charge in [0.05, 0.1) is 0 Å². The van der Waals surface area contributed by atoms with Crippen molar-refractivity contribution in [3.05, 3.63) is 60.2 Å². The zero-order valence-electron chi connectivity index (χ0n) is 12.5. The van der Waals surface area contributed by atoms with Crippen LogP contribution in [0, 0.1) is 0 Å². The summed E-state index contributed by atoms with van der Waals surface area (Å²) in [7, 11) is 0. The Morgan fingerprint density at radius 2 is 1.52 bits per heavy atom. The summed E-state index contributed by atoms with van der Waals surface area (Å²) in [6, 6.07) is 18.1. The molecule has 108 valence electrons. The first kappa shape index (κ1) is 15.0. The molecule has 0 amide bonds. The molecule has 21 heavy (non-hydrogen) atoms. The predicted molar refractivity (Wildman–Crippen MR) is 87.4 cm³/mol. The minimum atomic E-state index is 0.471. The van der Waals surface area contributed by atoms with Gasteiger partial charge in [0, 0.05) is 18.7 Å². The summed E-state index contributed by atoms with van der Waals surface area (Å²) < 4.78 is 0. The lowest BCUT2D eigenvalue weighted by Crippen LogP contribution is -2.19. The first-order valence-electron chi connectivity index (χ1n) is 7.23. The molecule has 0 radical (unpaired) electrons. The number of carbonyl (C=O) groups is 1. The smallest absolute Gasteiger partial charge is 0.170 e. The Hall–Kier alpha value is -2.42. The fourth-order valence-electron chi connectivity index (χ4n) is 2.13. The predicted octanol–water partition coefficient (Wildman–Crippen LogP) is 3.60. The number of rotatable bonds is 6. The van der Waals surface area contributed by atoms with E-state index in [1.165, 1.54) is 0 Å². The van der Waals surface area contributed by atoms with E-state index in [-0.39, 0.29) is 0 Å². The molecule has 3 nitrogen and oxygen atoms in total. The van der Waals surface area contributed by atoms with Crippen molar-refractivity contribution in [2.75, 3.05) is 13.1 Å². The van der Waals surface area contributed by atoms with Crippen LogP contribution in [0.3, 0.4) is 0 Å². The van der Waals surface area contributed by atoms with E-state index < -0.39 is 0 Å². The van der Waals surface area contributed by atoms with Crippen LogP contribution in [-0.4, -0.2) is 30.1 Å². The van der Waals surface area contributed by atoms with Crippen LogP contribution in [0.5, 0.6) is 0 Å². The highest BCUT2D eigenvalue weighted by molar-refractivity contribution is 6.36. The number of hydrogen-bond donors (Lipinski definition) is 0. The molecule has 0 saturated carbocycles. The highest BCUT2D eigenvalue weighted by Gasteiger charge is 2.05. The Labute approximate surface area is 125 Å². The molecular weight excluding hydrogens is 260 g/mol. The molecule has 0 aliphatic carbocycles. The van der Waals surface area contributed by atoms with Crippen LogP contribution in [0.2, 0.25) is 0 Å². The van der Waals surface area contributed by atoms with Gasteiger partial charge in [0.25, 0.3) is 0 Å². The quantitative estimate of drug-likeness (QED) is 0.460. The van der Waals surface area contributed by atoms with Crippen LogP contribution in [-0.2, 0) is 4.79 Å². The van der Waals surface area contributed by atoms with Crippen molar-refractivity contribution in [1.29, 1.82) is 0 Å². The number of hydrogen-bond acceptors (Lipinski definition) is 3. The van der Waals surface area contributed by atoms with Gasteiger partial charge < -0.3 is 0 Å². The van der Waals surface area contributed by atoms with E-state index >= 15 is 0 Å². The Morgan fingerprint density at radius 1 is 0.952 bits per heavy atom. The van der Waals surface area contributed by atoms with Crippen molar-refractivity contribution in [3.8, 4) is 11.1 Å². The fraction of sp³-hybridized carbons (Fsp3) is 0.222. The van der Waals surface area contributed by atoms with Gasteiger partial charge in [-0.05, 0) is 25.0 Å². The number of benzene rings is 2. The average molecular weight is 280 g/mol. The SMILES string of the molecule is CCN(CC)/N=C(\C=O)c1ccc(-c2ccccc2)cc1. The zero-order chi connectivity index (χ0) is 15.1. The Kier molecular flexibility index (Phi) is 5.27. The van der Waals surface area contributed by atoms with E-state index in [1.54, 1.807) is 0 Å². The van der Waals surface area contributed by atoms with Crippen molar-refractivity contribution in [3.63, 3.8) is 0 Å². The topological polar surface area (TPSA) is 32.7 Å².